The molecular formula is C22H26N2O3. The van der Waals surface area contributed by atoms with E-state index in [0.717, 1.165) is 5.56 Å². The molecule has 27 heavy (non-hydrogen) atoms. The van der Waals surface area contributed by atoms with Gasteiger partial charge in [0.1, 0.15) is 6.04 Å². The molecule has 0 bridgehead atoms. The fourth-order valence-electron chi connectivity index (χ4n) is 3.46. The number of nitrogens with one attached hydrogen (secondary N) is 1. The summed E-state index contributed by atoms with van der Waals surface area (Å²) in [5.41, 5.74) is 1.56. The van der Waals surface area contributed by atoms with Gasteiger partial charge in [0.15, 0.2) is 0 Å². The molecule has 1 aliphatic rings. The maximum Gasteiger partial charge on any atom is 0.251 e. The van der Waals surface area contributed by atoms with Crippen molar-refractivity contribution in [2.75, 3.05) is 13.1 Å². The van der Waals surface area contributed by atoms with Crippen LogP contribution in [0.1, 0.15) is 29.8 Å². The van der Waals surface area contributed by atoms with Crippen molar-refractivity contribution < 1.29 is 14.3 Å². The molecule has 3 rings (SSSR count). The molecule has 3 atom stereocenters. The molecule has 5 nitrogen and oxygen atoms in total. The van der Waals surface area contributed by atoms with Crippen molar-refractivity contribution in [3.05, 3.63) is 71.8 Å². The number of ether oxygens (including phenoxy) is 1. The molecule has 1 heterocycles. The van der Waals surface area contributed by atoms with E-state index in [0.29, 0.717) is 25.1 Å². The highest BCUT2D eigenvalue weighted by molar-refractivity contribution is 5.97. The lowest BCUT2D eigenvalue weighted by molar-refractivity contribution is -0.145. The second-order valence-corrected chi connectivity index (χ2v) is 7.08. The molecule has 2 amide bonds. The molecule has 0 aromatic heterocycles. The standard InChI is InChI=1S/C22H26N2O3/c1-16-14-24(15-17(2)27-16)22(26)20(13-18-9-5-3-6-10-18)23-21(25)19-11-7-4-8-12-19/h3-12,16-17,20H,13-15H2,1-2H3,(H,23,25)/t16-,17-,20-/m1/s1. The Hall–Kier alpha value is -2.66. The van der Waals surface area contributed by atoms with Gasteiger partial charge in [-0.3, -0.25) is 9.59 Å². The zero-order valence-corrected chi connectivity index (χ0v) is 15.8. The molecule has 142 valence electrons. The Bertz CT molecular complexity index is 754. The summed E-state index contributed by atoms with van der Waals surface area (Å²) >= 11 is 0. The van der Waals surface area contributed by atoms with Crippen LogP contribution in [0, 0.1) is 0 Å². The fraction of sp³-hybridized carbons (Fsp3) is 0.364. The van der Waals surface area contributed by atoms with Crippen molar-refractivity contribution in [2.24, 2.45) is 0 Å². The number of carbonyl (C=O) groups excluding carboxylic acids is 2. The highest BCUT2D eigenvalue weighted by Crippen LogP contribution is 2.14. The Morgan fingerprint density at radius 2 is 1.56 bits per heavy atom. The lowest BCUT2D eigenvalue weighted by Gasteiger charge is -2.37. The quantitative estimate of drug-likeness (QED) is 0.885. The third-order valence-corrected chi connectivity index (χ3v) is 4.65. The minimum atomic E-state index is -0.613. The first-order valence-corrected chi connectivity index (χ1v) is 9.37. The van der Waals surface area contributed by atoms with E-state index < -0.39 is 6.04 Å². The molecule has 1 N–H and O–H groups in total. The number of benzene rings is 2. The maximum atomic E-state index is 13.2. The number of amides is 2. The normalized spacial score (nSPS) is 20.7. The van der Waals surface area contributed by atoms with Crippen molar-refractivity contribution in [3.63, 3.8) is 0 Å². The summed E-state index contributed by atoms with van der Waals surface area (Å²) in [5.74, 6) is -0.302. The molecule has 2 aromatic rings. The lowest BCUT2D eigenvalue weighted by atomic mass is 10.0. The molecule has 1 saturated heterocycles. The number of hydrogen-bond acceptors (Lipinski definition) is 3. The van der Waals surface area contributed by atoms with Gasteiger partial charge in [0, 0.05) is 25.1 Å². The van der Waals surface area contributed by atoms with Crippen LogP contribution in [0.2, 0.25) is 0 Å². The maximum absolute atomic E-state index is 13.2. The number of hydrogen-bond donors (Lipinski definition) is 1. The van der Waals surface area contributed by atoms with Gasteiger partial charge in [-0.1, -0.05) is 48.5 Å². The summed E-state index contributed by atoms with van der Waals surface area (Å²) in [4.78, 5) is 27.7. The first-order valence-electron chi connectivity index (χ1n) is 9.37. The van der Waals surface area contributed by atoms with Crippen LogP contribution in [0.4, 0.5) is 0 Å². The average molecular weight is 366 g/mol. The first-order chi connectivity index (χ1) is 13.0. The molecule has 0 unspecified atom stereocenters. The van der Waals surface area contributed by atoms with Crippen molar-refractivity contribution in [1.29, 1.82) is 0 Å². The van der Waals surface area contributed by atoms with Gasteiger partial charge < -0.3 is 15.0 Å². The summed E-state index contributed by atoms with van der Waals surface area (Å²) in [5, 5.41) is 2.94. The minimum Gasteiger partial charge on any atom is -0.372 e. The Morgan fingerprint density at radius 3 is 2.15 bits per heavy atom. The summed E-state index contributed by atoms with van der Waals surface area (Å²) in [6.07, 6.45) is 0.429. The smallest absolute Gasteiger partial charge is 0.251 e. The van der Waals surface area contributed by atoms with Crippen LogP contribution in [-0.4, -0.2) is 48.1 Å². The zero-order chi connectivity index (χ0) is 19.2. The second kappa shape index (κ2) is 8.82. The van der Waals surface area contributed by atoms with Gasteiger partial charge >= 0.3 is 0 Å². The van der Waals surface area contributed by atoms with Crippen molar-refractivity contribution in [3.8, 4) is 0 Å². The molecule has 5 heteroatoms. The zero-order valence-electron chi connectivity index (χ0n) is 15.8. The average Bonchev–Trinajstić information content (AvgIpc) is 2.67. The largest absolute Gasteiger partial charge is 0.372 e. The van der Waals surface area contributed by atoms with E-state index in [9.17, 15) is 9.59 Å². The van der Waals surface area contributed by atoms with E-state index in [1.54, 1.807) is 17.0 Å². The van der Waals surface area contributed by atoms with Gasteiger partial charge in [-0.25, -0.2) is 0 Å². The van der Waals surface area contributed by atoms with Crippen LogP contribution < -0.4 is 5.32 Å². The van der Waals surface area contributed by atoms with E-state index in [1.807, 2.05) is 62.4 Å². The topological polar surface area (TPSA) is 58.6 Å². The highest BCUT2D eigenvalue weighted by Gasteiger charge is 2.31. The van der Waals surface area contributed by atoms with Gasteiger partial charge in [0.2, 0.25) is 5.91 Å². The molecule has 0 radical (unpaired) electrons. The number of morpholine rings is 1. The van der Waals surface area contributed by atoms with Gasteiger partial charge in [-0.15, -0.1) is 0 Å². The van der Waals surface area contributed by atoms with Crippen LogP contribution >= 0.6 is 0 Å². The lowest BCUT2D eigenvalue weighted by Crippen LogP contribution is -2.55. The predicted molar refractivity (Wildman–Crippen MR) is 104 cm³/mol. The predicted octanol–water partition coefficient (Wildman–Crippen LogP) is 2.66. The van der Waals surface area contributed by atoms with E-state index in [4.69, 9.17) is 4.74 Å². The van der Waals surface area contributed by atoms with Crippen LogP contribution in [0.3, 0.4) is 0 Å². The molecule has 0 spiro atoms. The van der Waals surface area contributed by atoms with Gasteiger partial charge in [0.25, 0.3) is 5.91 Å². The third kappa shape index (κ3) is 5.17. The van der Waals surface area contributed by atoms with Gasteiger partial charge in [0.05, 0.1) is 12.2 Å². The summed E-state index contributed by atoms with van der Waals surface area (Å²) in [6.45, 7) is 5.00. The van der Waals surface area contributed by atoms with Crippen molar-refractivity contribution in [2.45, 2.75) is 38.5 Å². The van der Waals surface area contributed by atoms with E-state index in [1.165, 1.54) is 0 Å². The van der Waals surface area contributed by atoms with Crippen LogP contribution in [-0.2, 0) is 16.0 Å². The van der Waals surface area contributed by atoms with Crippen LogP contribution in [0.5, 0.6) is 0 Å². The number of carbonyl (C=O) groups is 2. The Kier molecular flexibility index (Phi) is 6.24. The molecule has 2 aromatic carbocycles. The Labute approximate surface area is 160 Å². The summed E-state index contributed by atoms with van der Waals surface area (Å²) < 4.78 is 5.73. The Balaban J connectivity index is 1.78. The van der Waals surface area contributed by atoms with E-state index >= 15 is 0 Å². The molecular weight excluding hydrogens is 340 g/mol. The highest BCUT2D eigenvalue weighted by atomic mass is 16.5. The third-order valence-electron chi connectivity index (χ3n) is 4.65. The Morgan fingerprint density at radius 1 is 1.00 bits per heavy atom. The van der Waals surface area contributed by atoms with E-state index in [2.05, 4.69) is 5.32 Å². The molecule has 1 aliphatic heterocycles. The summed E-state index contributed by atoms with van der Waals surface area (Å²) in [7, 11) is 0. The number of nitrogens with zero attached hydrogens (tertiary/aromatic N) is 1. The second-order valence-electron chi connectivity index (χ2n) is 7.08. The molecule has 0 saturated carbocycles. The molecule has 1 fully saturated rings. The minimum absolute atomic E-state index is 0.0140. The SMILES string of the molecule is C[C@@H]1CN(C(=O)[C@@H](Cc2ccccc2)NC(=O)c2ccccc2)C[C@@H](C)O1. The number of rotatable bonds is 5. The molecule has 0 aliphatic carbocycles. The van der Waals surface area contributed by atoms with Crippen LogP contribution in [0.25, 0.3) is 0 Å². The van der Waals surface area contributed by atoms with Crippen molar-refractivity contribution in [1.82, 2.24) is 10.2 Å². The summed E-state index contributed by atoms with van der Waals surface area (Å²) in [6, 6.07) is 18.1. The monoisotopic (exact) mass is 366 g/mol. The van der Waals surface area contributed by atoms with Gasteiger partial charge in [-0.05, 0) is 31.5 Å². The van der Waals surface area contributed by atoms with Gasteiger partial charge in [-0.2, -0.15) is 0 Å². The first kappa shape index (κ1) is 19.1. The van der Waals surface area contributed by atoms with E-state index in [-0.39, 0.29) is 24.0 Å². The van der Waals surface area contributed by atoms with Crippen LogP contribution in [0.15, 0.2) is 60.7 Å². The fourth-order valence-corrected chi connectivity index (χ4v) is 3.46. The van der Waals surface area contributed by atoms with Crippen molar-refractivity contribution >= 4 is 11.8 Å².